The number of likely N-dealkylation sites (tertiary alicyclic amines) is 1. The summed E-state index contributed by atoms with van der Waals surface area (Å²) < 4.78 is 5.74. The average Bonchev–Trinajstić information content (AvgIpc) is 2.80. The first-order valence-corrected chi connectivity index (χ1v) is 10.5. The summed E-state index contributed by atoms with van der Waals surface area (Å²) in [7, 11) is 3.79. The van der Waals surface area contributed by atoms with Gasteiger partial charge in [-0.15, -0.1) is 0 Å². The van der Waals surface area contributed by atoms with E-state index in [2.05, 4.69) is 51.5 Å². The van der Waals surface area contributed by atoms with E-state index < -0.39 is 0 Å². The summed E-state index contributed by atoms with van der Waals surface area (Å²) in [5, 5.41) is 0. The highest BCUT2D eigenvalue weighted by Gasteiger charge is 2.30. The smallest absolute Gasteiger partial charge is 0.206 e. The second kappa shape index (κ2) is 8.69. The van der Waals surface area contributed by atoms with Crippen LogP contribution in [0.4, 0.5) is 0 Å². The Kier molecular flexibility index (Phi) is 5.84. The summed E-state index contributed by atoms with van der Waals surface area (Å²) in [6.45, 7) is 8.31. The van der Waals surface area contributed by atoms with Crippen LogP contribution in [0.25, 0.3) is 5.70 Å². The third-order valence-corrected chi connectivity index (χ3v) is 5.97. The SMILES string of the molecule is C=C1C=C(c2ccncn2)N=C(N2CCC[C@H](c3c(CC)cccc3OC)C2)N1C. The van der Waals surface area contributed by atoms with Crippen LogP contribution >= 0.6 is 0 Å². The lowest BCUT2D eigenvalue weighted by Crippen LogP contribution is -2.47. The standard InChI is InChI=1S/C24H29N5O/c1-5-18-8-6-10-22(30-4)23(18)19-9-7-13-29(15-19)24-27-21(14-17(2)28(24)3)20-11-12-25-16-26-20/h6,8,10-12,14,16,19H,2,5,7,9,13,15H2,1,3-4H3/t19-/m0/s1. The second-order valence-electron chi connectivity index (χ2n) is 7.76. The van der Waals surface area contributed by atoms with Crippen molar-refractivity contribution in [3.8, 4) is 5.75 Å². The molecule has 1 aromatic heterocycles. The largest absolute Gasteiger partial charge is 0.496 e. The molecule has 156 valence electrons. The molecular formula is C24H29N5O. The molecule has 4 rings (SSSR count). The van der Waals surface area contributed by atoms with E-state index in [1.54, 1.807) is 19.6 Å². The molecule has 3 heterocycles. The van der Waals surface area contributed by atoms with E-state index in [4.69, 9.17) is 9.73 Å². The zero-order valence-corrected chi connectivity index (χ0v) is 18.0. The van der Waals surface area contributed by atoms with Crippen molar-refractivity contribution in [2.75, 3.05) is 27.2 Å². The van der Waals surface area contributed by atoms with E-state index in [0.717, 1.165) is 61.1 Å². The third kappa shape index (κ3) is 3.82. The van der Waals surface area contributed by atoms with Crippen molar-refractivity contribution >= 4 is 11.7 Å². The number of likely N-dealkylation sites (N-methyl/N-ethyl adjacent to an activating group) is 1. The van der Waals surface area contributed by atoms with E-state index in [0.29, 0.717) is 5.92 Å². The van der Waals surface area contributed by atoms with Gasteiger partial charge in [0, 0.05) is 43.5 Å². The van der Waals surface area contributed by atoms with Crippen molar-refractivity contribution in [3.63, 3.8) is 0 Å². The number of hydrogen-bond donors (Lipinski definition) is 0. The number of piperidine rings is 1. The van der Waals surface area contributed by atoms with Gasteiger partial charge in [-0.25, -0.2) is 15.0 Å². The van der Waals surface area contributed by atoms with Gasteiger partial charge in [-0.3, -0.25) is 0 Å². The Morgan fingerprint density at radius 3 is 2.87 bits per heavy atom. The van der Waals surface area contributed by atoms with Gasteiger partial charge in [-0.2, -0.15) is 0 Å². The van der Waals surface area contributed by atoms with Gasteiger partial charge in [0.1, 0.15) is 12.1 Å². The Labute approximate surface area is 178 Å². The number of aryl methyl sites for hydroxylation is 1. The first kappa shape index (κ1) is 20.1. The lowest BCUT2D eigenvalue weighted by molar-refractivity contribution is 0.278. The number of aliphatic imine (C=N–C) groups is 1. The van der Waals surface area contributed by atoms with Crippen molar-refractivity contribution in [1.29, 1.82) is 0 Å². The molecule has 0 aliphatic carbocycles. The number of rotatable bonds is 4. The number of allylic oxidation sites excluding steroid dienone is 1. The topological polar surface area (TPSA) is 53.9 Å². The average molecular weight is 404 g/mol. The van der Waals surface area contributed by atoms with Crippen LogP contribution in [-0.2, 0) is 6.42 Å². The Bertz CT molecular complexity index is 960. The fourth-order valence-electron chi connectivity index (χ4n) is 4.39. The normalized spacial score (nSPS) is 19.4. The van der Waals surface area contributed by atoms with Crippen LogP contribution in [0, 0.1) is 0 Å². The monoisotopic (exact) mass is 403 g/mol. The van der Waals surface area contributed by atoms with Gasteiger partial charge in [0.25, 0.3) is 0 Å². The molecule has 1 fully saturated rings. The number of benzene rings is 1. The highest BCUT2D eigenvalue weighted by Crippen LogP contribution is 2.37. The molecule has 6 nitrogen and oxygen atoms in total. The third-order valence-electron chi connectivity index (χ3n) is 5.97. The molecule has 0 saturated carbocycles. The molecule has 2 aliphatic heterocycles. The highest BCUT2D eigenvalue weighted by molar-refractivity contribution is 5.90. The molecule has 0 amide bonds. The van der Waals surface area contributed by atoms with E-state index in [9.17, 15) is 0 Å². The van der Waals surface area contributed by atoms with Crippen LogP contribution in [-0.4, -0.2) is 53.0 Å². The summed E-state index contributed by atoms with van der Waals surface area (Å²) in [6.07, 6.45) is 8.53. The van der Waals surface area contributed by atoms with Crippen LogP contribution in [0.5, 0.6) is 5.75 Å². The van der Waals surface area contributed by atoms with Crippen LogP contribution < -0.4 is 4.74 Å². The zero-order valence-electron chi connectivity index (χ0n) is 18.0. The summed E-state index contributed by atoms with van der Waals surface area (Å²) >= 11 is 0. The lowest BCUT2D eigenvalue weighted by Gasteiger charge is -2.40. The fourth-order valence-corrected chi connectivity index (χ4v) is 4.39. The van der Waals surface area contributed by atoms with Gasteiger partial charge in [0.2, 0.25) is 5.96 Å². The number of nitrogens with zero attached hydrogens (tertiary/aromatic N) is 5. The summed E-state index contributed by atoms with van der Waals surface area (Å²) in [5.41, 5.74) is 5.25. The molecule has 1 aromatic carbocycles. The fraction of sp³-hybridized carbons (Fsp3) is 0.375. The summed E-state index contributed by atoms with van der Waals surface area (Å²) in [4.78, 5) is 17.8. The van der Waals surface area contributed by atoms with Crippen LogP contribution in [0.1, 0.15) is 42.5 Å². The molecule has 30 heavy (non-hydrogen) atoms. The van der Waals surface area contributed by atoms with Crippen LogP contribution in [0.3, 0.4) is 0 Å². The molecule has 2 aromatic rings. The quantitative estimate of drug-likeness (QED) is 0.770. The Morgan fingerprint density at radius 2 is 2.13 bits per heavy atom. The van der Waals surface area contributed by atoms with Gasteiger partial charge in [0.05, 0.1) is 18.5 Å². The van der Waals surface area contributed by atoms with E-state index >= 15 is 0 Å². The minimum atomic E-state index is 0.405. The number of aromatic nitrogens is 2. The molecule has 0 radical (unpaired) electrons. The second-order valence-corrected chi connectivity index (χ2v) is 7.76. The van der Waals surface area contributed by atoms with E-state index in [-0.39, 0.29) is 0 Å². The molecule has 2 aliphatic rings. The first-order valence-electron chi connectivity index (χ1n) is 10.5. The van der Waals surface area contributed by atoms with Crippen LogP contribution in [0.15, 0.2) is 60.1 Å². The van der Waals surface area contributed by atoms with Crippen molar-refractivity contribution in [2.24, 2.45) is 4.99 Å². The van der Waals surface area contributed by atoms with Crippen molar-refractivity contribution < 1.29 is 4.74 Å². The Morgan fingerprint density at radius 1 is 1.27 bits per heavy atom. The first-order chi connectivity index (χ1) is 14.6. The maximum atomic E-state index is 5.74. The predicted octanol–water partition coefficient (Wildman–Crippen LogP) is 4.08. The van der Waals surface area contributed by atoms with Gasteiger partial charge >= 0.3 is 0 Å². The molecule has 0 N–H and O–H groups in total. The minimum Gasteiger partial charge on any atom is -0.496 e. The predicted molar refractivity (Wildman–Crippen MR) is 120 cm³/mol. The number of methoxy groups -OCH3 is 1. The molecule has 0 spiro atoms. The van der Waals surface area contributed by atoms with Gasteiger partial charge < -0.3 is 14.5 Å². The maximum Gasteiger partial charge on any atom is 0.206 e. The molecule has 0 unspecified atom stereocenters. The van der Waals surface area contributed by atoms with E-state index in [1.165, 1.54) is 11.1 Å². The lowest BCUT2D eigenvalue weighted by atomic mass is 9.86. The van der Waals surface area contributed by atoms with E-state index in [1.807, 2.05) is 19.2 Å². The van der Waals surface area contributed by atoms with Crippen molar-refractivity contribution in [1.82, 2.24) is 19.8 Å². The molecular weight excluding hydrogens is 374 g/mol. The van der Waals surface area contributed by atoms with Crippen molar-refractivity contribution in [3.05, 3.63) is 72.0 Å². The number of ether oxygens (including phenoxy) is 1. The maximum absolute atomic E-state index is 5.74. The minimum absolute atomic E-state index is 0.405. The van der Waals surface area contributed by atoms with Gasteiger partial charge in [-0.1, -0.05) is 25.6 Å². The molecule has 0 bridgehead atoms. The van der Waals surface area contributed by atoms with Crippen LogP contribution in [0.2, 0.25) is 0 Å². The molecule has 1 saturated heterocycles. The summed E-state index contributed by atoms with van der Waals surface area (Å²) in [5.74, 6) is 2.32. The number of guanidine groups is 1. The molecule has 1 atom stereocenters. The van der Waals surface area contributed by atoms with Gasteiger partial charge in [-0.05, 0) is 43.0 Å². The highest BCUT2D eigenvalue weighted by atomic mass is 16.5. The Hall–Kier alpha value is -3.15. The summed E-state index contributed by atoms with van der Waals surface area (Å²) in [6, 6.07) is 8.27. The van der Waals surface area contributed by atoms with Gasteiger partial charge in [0.15, 0.2) is 0 Å². The number of hydrogen-bond acceptors (Lipinski definition) is 6. The zero-order chi connectivity index (χ0) is 21.1. The molecule has 6 heteroatoms. The van der Waals surface area contributed by atoms with Crippen molar-refractivity contribution in [2.45, 2.75) is 32.1 Å². The Balaban J connectivity index is 1.66.